The van der Waals surface area contributed by atoms with Gasteiger partial charge in [-0.25, -0.2) is 4.39 Å². The van der Waals surface area contributed by atoms with Crippen molar-refractivity contribution in [3.05, 3.63) is 71.5 Å². The third kappa shape index (κ3) is 3.59. The van der Waals surface area contributed by atoms with Crippen LogP contribution in [0.5, 0.6) is 0 Å². The molecule has 1 saturated carbocycles. The Morgan fingerprint density at radius 1 is 1.00 bits per heavy atom. The van der Waals surface area contributed by atoms with Gasteiger partial charge in [0.2, 0.25) is 0 Å². The molecule has 1 aliphatic heterocycles. The highest BCUT2D eigenvalue weighted by molar-refractivity contribution is 5.94. The van der Waals surface area contributed by atoms with Gasteiger partial charge in [-0.1, -0.05) is 42.5 Å². The number of nitrogens with zero attached hydrogens (tertiary/aromatic N) is 2. The highest BCUT2D eigenvalue weighted by atomic mass is 19.1. The van der Waals surface area contributed by atoms with Crippen LogP contribution in [-0.4, -0.2) is 47.4 Å². The number of carbonyl (C=O) groups excluding carboxylic acids is 1. The Bertz CT molecular complexity index is 745. The monoisotopic (exact) mass is 338 g/mol. The minimum atomic E-state index is -0.435. The van der Waals surface area contributed by atoms with E-state index < -0.39 is 5.82 Å². The Labute approximate surface area is 148 Å². The lowest BCUT2D eigenvalue weighted by molar-refractivity contribution is 0.0433. The molecule has 1 unspecified atom stereocenters. The van der Waals surface area contributed by atoms with E-state index in [-0.39, 0.29) is 17.5 Å². The van der Waals surface area contributed by atoms with Gasteiger partial charge in [0.25, 0.3) is 5.91 Å². The van der Waals surface area contributed by atoms with Gasteiger partial charge in [0.15, 0.2) is 0 Å². The molecule has 3 nitrogen and oxygen atoms in total. The molecule has 2 aliphatic rings. The van der Waals surface area contributed by atoms with Crippen LogP contribution in [-0.2, 0) is 6.42 Å². The number of carbonyl (C=O) groups is 1. The predicted octanol–water partition coefficient (Wildman–Crippen LogP) is 3.36. The van der Waals surface area contributed by atoms with E-state index in [2.05, 4.69) is 17.0 Å². The van der Waals surface area contributed by atoms with Crippen molar-refractivity contribution in [1.82, 2.24) is 9.80 Å². The molecule has 0 spiro atoms. The second-order valence-electron chi connectivity index (χ2n) is 7.05. The standard InChI is InChI=1S/C21H23FN2O/c22-20-9-5-4-8-19(20)21(25)24-13-12-23(17-10-11-17)15-18(24)14-16-6-2-1-3-7-16/h1-9,17-18H,10-15H2. The number of benzene rings is 2. The zero-order chi connectivity index (χ0) is 17.2. The molecule has 2 fully saturated rings. The van der Waals surface area contributed by atoms with Crippen molar-refractivity contribution < 1.29 is 9.18 Å². The number of hydrogen-bond acceptors (Lipinski definition) is 2. The Morgan fingerprint density at radius 2 is 1.72 bits per heavy atom. The van der Waals surface area contributed by atoms with Crippen molar-refractivity contribution in [2.45, 2.75) is 31.3 Å². The zero-order valence-electron chi connectivity index (χ0n) is 14.3. The van der Waals surface area contributed by atoms with Gasteiger partial charge in [0, 0.05) is 31.7 Å². The van der Waals surface area contributed by atoms with Crippen LogP contribution in [0.4, 0.5) is 4.39 Å². The maximum absolute atomic E-state index is 14.1. The zero-order valence-corrected chi connectivity index (χ0v) is 14.3. The Kier molecular flexibility index (Phi) is 4.53. The van der Waals surface area contributed by atoms with Gasteiger partial charge >= 0.3 is 0 Å². The highest BCUT2D eigenvalue weighted by Gasteiger charge is 2.37. The molecule has 4 heteroatoms. The summed E-state index contributed by atoms with van der Waals surface area (Å²) in [4.78, 5) is 17.4. The van der Waals surface area contributed by atoms with Gasteiger partial charge in [-0.05, 0) is 37.0 Å². The second-order valence-corrected chi connectivity index (χ2v) is 7.05. The van der Waals surface area contributed by atoms with Gasteiger partial charge in [-0.2, -0.15) is 0 Å². The van der Waals surface area contributed by atoms with E-state index in [1.807, 2.05) is 23.1 Å². The van der Waals surface area contributed by atoms with Crippen molar-refractivity contribution in [3.8, 4) is 0 Å². The number of rotatable bonds is 4. The molecule has 0 bridgehead atoms. The van der Waals surface area contributed by atoms with E-state index in [1.165, 1.54) is 24.5 Å². The van der Waals surface area contributed by atoms with Crippen LogP contribution in [0.15, 0.2) is 54.6 Å². The van der Waals surface area contributed by atoms with E-state index in [0.717, 1.165) is 19.5 Å². The number of piperazine rings is 1. The summed E-state index contributed by atoms with van der Waals surface area (Å²) >= 11 is 0. The fourth-order valence-corrected chi connectivity index (χ4v) is 3.77. The lowest BCUT2D eigenvalue weighted by Crippen LogP contribution is -2.56. The quantitative estimate of drug-likeness (QED) is 0.853. The van der Waals surface area contributed by atoms with Crippen LogP contribution in [0, 0.1) is 5.82 Å². The number of halogens is 1. The average molecular weight is 338 g/mol. The van der Waals surface area contributed by atoms with Crippen LogP contribution in [0.25, 0.3) is 0 Å². The summed E-state index contributed by atoms with van der Waals surface area (Å²) < 4.78 is 14.1. The maximum Gasteiger partial charge on any atom is 0.257 e. The Hall–Kier alpha value is -2.20. The minimum absolute atomic E-state index is 0.0869. The molecule has 2 aromatic carbocycles. The fraction of sp³-hybridized carbons (Fsp3) is 0.381. The fourth-order valence-electron chi connectivity index (χ4n) is 3.77. The molecule has 0 aromatic heterocycles. The lowest BCUT2D eigenvalue weighted by atomic mass is 10.0. The molecule has 1 atom stereocenters. The maximum atomic E-state index is 14.1. The first-order valence-electron chi connectivity index (χ1n) is 9.06. The summed E-state index contributed by atoms with van der Waals surface area (Å²) in [5.74, 6) is -0.620. The molecule has 2 aromatic rings. The summed E-state index contributed by atoms with van der Waals surface area (Å²) in [5, 5.41) is 0. The van der Waals surface area contributed by atoms with E-state index in [4.69, 9.17) is 0 Å². The van der Waals surface area contributed by atoms with Crippen molar-refractivity contribution in [2.75, 3.05) is 19.6 Å². The smallest absolute Gasteiger partial charge is 0.257 e. The van der Waals surface area contributed by atoms with E-state index in [0.29, 0.717) is 12.6 Å². The summed E-state index contributed by atoms with van der Waals surface area (Å²) in [6.07, 6.45) is 3.34. The molecule has 0 N–H and O–H groups in total. The Morgan fingerprint density at radius 3 is 2.44 bits per heavy atom. The van der Waals surface area contributed by atoms with Gasteiger partial charge in [-0.3, -0.25) is 9.69 Å². The first-order chi connectivity index (χ1) is 12.2. The van der Waals surface area contributed by atoms with Crippen LogP contribution in [0.1, 0.15) is 28.8 Å². The molecular weight excluding hydrogens is 315 g/mol. The lowest BCUT2D eigenvalue weighted by Gasteiger charge is -2.42. The molecular formula is C21H23FN2O. The van der Waals surface area contributed by atoms with Crippen molar-refractivity contribution >= 4 is 5.91 Å². The molecule has 1 amide bonds. The van der Waals surface area contributed by atoms with Crippen molar-refractivity contribution in [3.63, 3.8) is 0 Å². The van der Waals surface area contributed by atoms with Crippen LogP contribution in [0.3, 0.4) is 0 Å². The summed E-state index contributed by atoms with van der Waals surface area (Å²) in [7, 11) is 0. The van der Waals surface area contributed by atoms with Gasteiger partial charge in [0.05, 0.1) is 5.56 Å². The Balaban J connectivity index is 1.57. The minimum Gasteiger partial charge on any atom is -0.333 e. The number of hydrogen-bond donors (Lipinski definition) is 0. The van der Waals surface area contributed by atoms with Gasteiger partial charge < -0.3 is 4.90 Å². The molecule has 1 saturated heterocycles. The van der Waals surface area contributed by atoms with Gasteiger partial charge in [-0.15, -0.1) is 0 Å². The largest absolute Gasteiger partial charge is 0.333 e. The summed E-state index contributed by atoms with van der Waals surface area (Å²) in [6.45, 7) is 2.43. The van der Waals surface area contributed by atoms with Crippen LogP contribution < -0.4 is 0 Å². The van der Waals surface area contributed by atoms with E-state index in [9.17, 15) is 9.18 Å². The number of amides is 1. The second kappa shape index (κ2) is 6.96. The van der Waals surface area contributed by atoms with E-state index in [1.54, 1.807) is 18.2 Å². The molecule has 0 radical (unpaired) electrons. The predicted molar refractivity (Wildman–Crippen MR) is 96.0 cm³/mol. The third-order valence-corrected chi connectivity index (χ3v) is 5.26. The van der Waals surface area contributed by atoms with Gasteiger partial charge in [0.1, 0.15) is 5.82 Å². The SMILES string of the molecule is O=C(c1ccccc1F)N1CCN(C2CC2)CC1Cc1ccccc1. The topological polar surface area (TPSA) is 23.6 Å². The van der Waals surface area contributed by atoms with Crippen LogP contribution >= 0.6 is 0 Å². The molecule has 1 heterocycles. The van der Waals surface area contributed by atoms with E-state index >= 15 is 0 Å². The summed E-state index contributed by atoms with van der Waals surface area (Å²) in [5.41, 5.74) is 1.40. The molecule has 25 heavy (non-hydrogen) atoms. The highest BCUT2D eigenvalue weighted by Crippen LogP contribution is 2.30. The molecule has 130 valence electrons. The molecule has 1 aliphatic carbocycles. The summed E-state index contributed by atoms with van der Waals surface area (Å²) in [6, 6.07) is 17.3. The normalized spacial score (nSPS) is 21.3. The van der Waals surface area contributed by atoms with Crippen LogP contribution in [0.2, 0.25) is 0 Å². The molecule has 4 rings (SSSR count). The third-order valence-electron chi connectivity index (χ3n) is 5.26. The first kappa shape index (κ1) is 16.3. The van der Waals surface area contributed by atoms with Crippen molar-refractivity contribution in [1.29, 1.82) is 0 Å². The van der Waals surface area contributed by atoms with Crippen molar-refractivity contribution in [2.24, 2.45) is 0 Å². The first-order valence-corrected chi connectivity index (χ1v) is 9.06. The average Bonchev–Trinajstić information content (AvgIpc) is 3.48.